The van der Waals surface area contributed by atoms with Crippen LogP contribution in [0.3, 0.4) is 0 Å². The zero-order valence-electron chi connectivity index (χ0n) is 27.2. The Bertz CT molecular complexity index is 2790. The normalized spacial score (nSPS) is 17.7. The Labute approximate surface area is 290 Å². The highest BCUT2D eigenvalue weighted by atomic mass is 16.3. The summed E-state index contributed by atoms with van der Waals surface area (Å²) in [4.78, 5) is 2.44. The van der Waals surface area contributed by atoms with Crippen LogP contribution in [0.5, 0.6) is 0 Å². The molecule has 1 atom stereocenters. The third-order valence-electron chi connectivity index (χ3n) is 11.0. The Balaban J connectivity index is 1.20. The van der Waals surface area contributed by atoms with Crippen LogP contribution in [0.1, 0.15) is 17.5 Å². The number of hydrogen-bond acceptors (Lipinski definition) is 2. The van der Waals surface area contributed by atoms with Crippen LogP contribution in [-0.2, 0) is 5.41 Å². The minimum absolute atomic E-state index is 0.450. The fraction of sp³-hybridized carbons (Fsp3) is 0.0417. The van der Waals surface area contributed by atoms with Gasteiger partial charge in [-0.15, -0.1) is 0 Å². The van der Waals surface area contributed by atoms with Crippen LogP contribution in [0.2, 0.25) is 0 Å². The van der Waals surface area contributed by atoms with Crippen molar-refractivity contribution in [3.05, 3.63) is 209 Å². The molecule has 1 unspecified atom stereocenters. The average Bonchev–Trinajstić information content (AvgIpc) is 3.94. The van der Waals surface area contributed by atoms with Crippen molar-refractivity contribution in [1.82, 2.24) is 0 Å². The number of furan rings is 1. The van der Waals surface area contributed by atoms with E-state index in [1.165, 1.54) is 55.7 Å². The molecule has 11 rings (SSSR count). The molecule has 0 N–H and O–H groups in total. The van der Waals surface area contributed by atoms with Gasteiger partial charge in [0.25, 0.3) is 0 Å². The smallest absolute Gasteiger partial charge is 0.137 e. The van der Waals surface area contributed by atoms with Gasteiger partial charge in [0, 0.05) is 33.8 Å². The van der Waals surface area contributed by atoms with E-state index in [4.69, 9.17) is 4.42 Å². The van der Waals surface area contributed by atoms with Gasteiger partial charge in [0.1, 0.15) is 11.2 Å². The highest BCUT2D eigenvalue weighted by Gasteiger charge is 2.55. The van der Waals surface area contributed by atoms with Crippen molar-refractivity contribution < 1.29 is 4.42 Å². The molecular formula is C48H29NO. The summed E-state index contributed by atoms with van der Waals surface area (Å²) in [7, 11) is 0. The second-order valence-corrected chi connectivity index (χ2v) is 13.4. The fourth-order valence-electron chi connectivity index (χ4n) is 9.02. The van der Waals surface area contributed by atoms with Crippen molar-refractivity contribution in [2.24, 2.45) is 0 Å². The lowest BCUT2D eigenvalue weighted by atomic mass is 9.67. The van der Waals surface area contributed by atoms with Crippen LogP contribution in [0.15, 0.2) is 202 Å². The number of nitrogens with zero attached hydrogens (tertiary/aromatic N) is 1. The lowest BCUT2D eigenvalue weighted by molar-refractivity contribution is 0.669. The van der Waals surface area contributed by atoms with Crippen molar-refractivity contribution in [3.63, 3.8) is 0 Å². The van der Waals surface area contributed by atoms with E-state index >= 15 is 0 Å². The third-order valence-corrected chi connectivity index (χ3v) is 11.0. The van der Waals surface area contributed by atoms with E-state index in [-0.39, 0.29) is 0 Å². The molecule has 50 heavy (non-hydrogen) atoms. The molecule has 232 valence electrons. The molecule has 1 aromatic heterocycles. The van der Waals surface area contributed by atoms with E-state index in [1.54, 1.807) is 0 Å². The number of fused-ring (bicyclic) bond motifs is 11. The van der Waals surface area contributed by atoms with E-state index in [0.29, 0.717) is 0 Å². The van der Waals surface area contributed by atoms with Crippen LogP contribution in [0, 0.1) is 0 Å². The summed E-state index contributed by atoms with van der Waals surface area (Å²) in [6.07, 6.45) is 9.86. The monoisotopic (exact) mass is 635 g/mol. The summed E-state index contributed by atoms with van der Waals surface area (Å²) in [6, 6.07) is 50.4. The molecule has 0 aliphatic heterocycles. The van der Waals surface area contributed by atoms with Crippen molar-refractivity contribution in [2.75, 3.05) is 4.90 Å². The van der Waals surface area contributed by atoms with Gasteiger partial charge < -0.3 is 9.32 Å². The van der Waals surface area contributed by atoms with E-state index in [0.717, 1.165) is 45.4 Å². The standard InChI is InChI=1S/C48H29NO/c1-2-12-31(13-3-1)32-24-26-33(27-25-32)49(34-28-29-39-38-16-6-9-23-45(38)50-46(39)30-34)44-22-11-18-40-37-15-5-8-20-42(37)48(47(40)44)41-19-7-4-14-35(41)36-17-10-21-43(36)48/h1-3,5-6,8-20,22-30H,21H2. The number of anilines is 3. The molecule has 4 aliphatic rings. The van der Waals surface area contributed by atoms with Crippen molar-refractivity contribution in [2.45, 2.75) is 11.8 Å². The molecule has 0 amide bonds. The number of rotatable bonds is 4. The lowest BCUT2D eigenvalue weighted by Crippen LogP contribution is -2.30. The summed E-state index contributed by atoms with van der Waals surface area (Å²) >= 11 is 0. The van der Waals surface area contributed by atoms with Gasteiger partial charge in [-0.1, -0.05) is 121 Å². The Morgan fingerprint density at radius 3 is 2.24 bits per heavy atom. The van der Waals surface area contributed by atoms with Gasteiger partial charge in [0.15, 0.2) is 0 Å². The lowest BCUT2D eigenvalue weighted by Gasteiger charge is -2.37. The van der Waals surface area contributed by atoms with Gasteiger partial charge in [0.2, 0.25) is 0 Å². The molecule has 6 aromatic carbocycles. The molecule has 1 spiro atoms. The summed E-state index contributed by atoms with van der Waals surface area (Å²) in [5.41, 5.74) is 24.2. The molecule has 1 heterocycles. The first-order valence-corrected chi connectivity index (χ1v) is 17.2. The first kappa shape index (κ1) is 27.4. The van der Waals surface area contributed by atoms with Crippen LogP contribution >= 0.6 is 0 Å². The van der Waals surface area contributed by atoms with Crippen LogP contribution in [-0.4, -0.2) is 0 Å². The quantitative estimate of drug-likeness (QED) is 0.179. The topological polar surface area (TPSA) is 16.4 Å². The number of para-hydroxylation sites is 1. The maximum atomic E-state index is 6.48. The van der Waals surface area contributed by atoms with E-state index in [1.807, 2.05) is 12.1 Å². The van der Waals surface area contributed by atoms with Gasteiger partial charge in [-0.2, -0.15) is 0 Å². The minimum atomic E-state index is -0.450. The molecule has 7 aromatic rings. The van der Waals surface area contributed by atoms with Gasteiger partial charge in [-0.3, -0.25) is 0 Å². The van der Waals surface area contributed by atoms with Crippen molar-refractivity contribution in [1.29, 1.82) is 0 Å². The van der Waals surface area contributed by atoms with Gasteiger partial charge in [0.05, 0.1) is 11.1 Å². The predicted octanol–water partition coefficient (Wildman–Crippen LogP) is 12.4. The second-order valence-electron chi connectivity index (χ2n) is 13.4. The molecular weight excluding hydrogens is 607 g/mol. The first-order chi connectivity index (χ1) is 24.8. The molecule has 0 saturated carbocycles. The molecule has 0 saturated heterocycles. The number of allylic oxidation sites excluding steroid dienone is 8. The Hall–Kier alpha value is -6.56. The first-order valence-electron chi connectivity index (χ1n) is 17.2. The maximum absolute atomic E-state index is 6.48. The predicted molar refractivity (Wildman–Crippen MR) is 204 cm³/mol. The Kier molecular flexibility index (Phi) is 5.60. The van der Waals surface area contributed by atoms with E-state index in [2.05, 4.69) is 168 Å². The maximum Gasteiger partial charge on any atom is 0.137 e. The molecule has 4 aliphatic carbocycles. The SMILES string of the molecule is C1=C=CC2=C(C=1)C1=C(CC=C1)C21c2ccccc2-c2cccc(N(c3ccc(-c4ccccc4)cc3)c3ccc4c(c3)oc3ccccc34)c21. The molecule has 0 bridgehead atoms. The van der Waals surface area contributed by atoms with Crippen LogP contribution < -0.4 is 4.90 Å². The Morgan fingerprint density at radius 2 is 1.32 bits per heavy atom. The highest BCUT2D eigenvalue weighted by molar-refractivity contribution is 6.06. The minimum Gasteiger partial charge on any atom is -0.456 e. The number of benzene rings is 6. The third kappa shape index (κ3) is 3.59. The summed E-state index contributed by atoms with van der Waals surface area (Å²) in [5, 5.41) is 2.25. The molecule has 2 heteroatoms. The molecule has 0 radical (unpaired) electrons. The zero-order chi connectivity index (χ0) is 32.8. The highest BCUT2D eigenvalue weighted by Crippen LogP contribution is 2.66. The van der Waals surface area contributed by atoms with Crippen molar-refractivity contribution >= 4 is 39.0 Å². The van der Waals surface area contributed by atoms with E-state index in [9.17, 15) is 0 Å². The Morgan fingerprint density at radius 1 is 0.580 bits per heavy atom. The second kappa shape index (κ2) is 10.2. The summed E-state index contributed by atoms with van der Waals surface area (Å²) < 4.78 is 6.48. The zero-order valence-corrected chi connectivity index (χ0v) is 27.2. The van der Waals surface area contributed by atoms with Gasteiger partial charge in [-0.25, -0.2) is 0 Å². The van der Waals surface area contributed by atoms with Crippen molar-refractivity contribution in [3.8, 4) is 22.3 Å². The summed E-state index contributed by atoms with van der Waals surface area (Å²) in [6.45, 7) is 0. The molecule has 2 nitrogen and oxygen atoms in total. The number of hydrogen-bond donors (Lipinski definition) is 0. The van der Waals surface area contributed by atoms with Crippen LogP contribution in [0.4, 0.5) is 17.1 Å². The summed E-state index contributed by atoms with van der Waals surface area (Å²) in [5.74, 6) is 0. The van der Waals surface area contributed by atoms with Gasteiger partial charge in [-0.05, 0) is 105 Å². The van der Waals surface area contributed by atoms with Crippen LogP contribution in [0.25, 0.3) is 44.2 Å². The average molecular weight is 636 g/mol. The fourth-order valence-corrected chi connectivity index (χ4v) is 9.02. The van der Waals surface area contributed by atoms with E-state index < -0.39 is 5.41 Å². The largest absolute Gasteiger partial charge is 0.456 e. The van der Waals surface area contributed by atoms with Gasteiger partial charge >= 0.3 is 0 Å². The molecule has 0 fully saturated rings.